The van der Waals surface area contributed by atoms with Crippen LogP contribution >= 0.6 is 0 Å². The van der Waals surface area contributed by atoms with Crippen LogP contribution in [0.25, 0.3) is 0 Å². The molecule has 0 heterocycles. The number of rotatable bonds is 8. The summed E-state index contributed by atoms with van der Waals surface area (Å²) < 4.78 is 5.23. The van der Waals surface area contributed by atoms with E-state index in [2.05, 4.69) is 32.2 Å². The lowest BCUT2D eigenvalue weighted by atomic mass is 9.96. The third-order valence-corrected chi connectivity index (χ3v) is 3.82. The maximum atomic E-state index is 10.1. The van der Waals surface area contributed by atoms with Gasteiger partial charge in [-0.3, -0.25) is 0 Å². The number of hydrogen-bond donors (Lipinski definition) is 2. The second-order valence-corrected chi connectivity index (χ2v) is 5.05. The molecule has 0 aliphatic rings. The summed E-state index contributed by atoms with van der Waals surface area (Å²) in [6.07, 6.45) is 1.77. The van der Waals surface area contributed by atoms with E-state index in [-0.39, 0.29) is 12.1 Å². The van der Waals surface area contributed by atoms with Crippen LogP contribution in [0.15, 0.2) is 24.3 Å². The van der Waals surface area contributed by atoms with Crippen LogP contribution in [-0.2, 0) is 0 Å². The normalized spacial score (nSPS) is 14.4. The van der Waals surface area contributed by atoms with E-state index >= 15 is 0 Å². The highest BCUT2D eigenvalue weighted by molar-refractivity contribution is 5.30. The van der Waals surface area contributed by atoms with Gasteiger partial charge >= 0.3 is 0 Å². The van der Waals surface area contributed by atoms with Crippen LogP contribution in [0.5, 0.6) is 5.75 Å². The molecule has 0 bridgehead atoms. The predicted molar refractivity (Wildman–Crippen MR) is 79.5 cm³/mol. The highest BCUT2D eigenvalue weighted by Crippen LogP contribution is 2.19. The van der Waals surface area contributed by atoms with E-state index in [1.54, 1.807) is 7.11 Å². The van der Waals surface area contributed by atoms with E-state index in [0.29, 0.717) is 12.5 Å². The molecule has 1 aromatic rings. The quantitative estimate of drug-likeness (QED) is 0.758. The average Bonchev–Trinajstić information content (AvgIpc) is 2.46. The second-order valence-electron chi connectivity index (χ2n) is 5.05. The number of aliphatic hydroxyl groups is 1. The van der Waals surface area contributed by atoms with Gasteiger partial charge in [-0.2, -0.15) is 0 Å². The molecule has 0 fully saturated rings. The molecule has 0 aromatic heterocycles. The Morgan fingerprint density at radius 2 is 1.95 bits per heavy atom. The number of methoxy groups -OCH3 is 1. The predicted octanol–water partition coefficient (Wildman–Crippen LogP) is 3.14. The molecule has 108 valence electrons. The molecule has 2 atom stereocenters. The van der Waals surface area contributed by atoms with Crippen molar-refractivity contribution in [3.63, 3.8) is 0 Å². The summed E-state index contributed by atoms with van der Waals surface area (Å²) in [5.41, 5.74) is 1.18. The maximum absolute atomic E-state index is 10.1. The fourth-order valence-corrected chi connectivity index (χ4v) is 2.33. The lowest BCUT2D eigenvalue weighted by molar-refractivity contribution is 0.0989. The van der Waals surface area contributed by atoms with Crippen molar-refractivity contribution < 1.29 is 9.84 Å². The molecule has 1 aromatic carbocycles. The van der Waals surface area contributed by atoms with Crippen LogP contribution in [0.4, 0.5) is 0 Å². The molecule has 0 saturated heterocycles. The van der Waals surface area contributed by atoms with Crippen molar-refractivity contribution in [2.75, 3.05) is 13.7 Å². The van der Waals surface area contributed by atoms with E-state index in [4.69, 9.17) is 4.74 Å². The first-order valence-corrected chi connectivity index (χ1v) is 7.17. The highest BCUT2D eigenvalue weighted by atomic mass is 16.5. The van der Waals surface area contributed by atoms with Crippen LogP contribution in [0, 0.1) is 5.92 Å². The Labute approximate surface area is 117 Å². The van der Waals surface area contributed by atoms with Gasteiger partial charge in [-0.25, -0.2) is 0 Å². The summed E-state index contributed by atoms with van der Waals surface area (Å²) >= 11 is 0. The molecule has 0 radical (unpaired) electrons. The summed E-state index contributed by atoms with van der Waals surface area (Å²) in [6, 6.07) is 8.24. The van der Waals surface area contributed by atoms with E-state index in [9.17, 15) is 5.11 Å². The molecule has 2 unspecified atom stereocenters. The first kappa shape index (κ1) is 16.0. The molecule has 0 saturated carbocycles. The molecule has 3 nitrogen and oxygen atoms in total. The van der Waals surface area contributed by atoms with Gasteiger partial charge < -0.3 is 15.2 Å². The highest BCUT2D eigenvalue weighted by Gasteiger charge is 2.16. The summed E-state index contributed by atoms with van der Waals surface area (Å²) in [4.78, 5) is 0. The fourth-order valence-electron chi connectivity index (χ4n) is 2.33. The van der Waals surface area contributed by atoms with Crippen molar-refractivity contribution in [1.29, 1.82) is 0 Å². The lowest BCUT2D eigenvalue weighted by Gasteiger charge is -2.23. The third kappa shape index (κ3) is 4.84. The zero-order valence-electron chi connectivity index (χ0n) is 12.5. The number of nitrogens with one attached hydrogen (secondary N) is 1. The van der Waals surface area contributed by atoms with Gasteiger partial charge in [0.25, 0.3) is 0 Å². The van der Waals surface area contributed by atoms with Crippen LogP contribution in [0.2, 0.25) is 0 Å². The lowest BCUT2D eigenvalue weighted by Crippen LogP contribution is -2.33. The second kappa shape index (κ2) is 8.18. The van der Waals surface area contributed by atoms with Gasteiger partial charge in [-0.15, -0.1) is 0 Å². The minimum absolute atomic E-state index is 0.208. The van der Waals surface area contributed by atoms with Crippen molar-refractivity contribution in [2.24, 2.45) is 5.92 Å². The molecule has 0 amide bonds. The monoisotopic (exact) mass is 265 g/mol. The molecule has 2 N–H and O–H groups in total. The SMILES string of the molecule is CCC(CC)C(O)CNC(C)c1cccc(OC)c1. The Balaban J connectivity index is 2.52. The van der Waals surface area contributed by atoms with E-state index in [1.165, 1.54) is 5.56 Å². The minimum atomic E-state index is -0.275. The zero-order valence-corrected chi connectivity index (χ0v) is 12.5. The Bertz CT molecular complexity index is 364. The standard InChI is InChI=1S/C16H27NO2/c1-5-13(6-2)16(18)11-17-12(3)14-8-7-9-15(10-14)19-4/h7-10,12-13,16-18H,5-6,11H2,1-4H3. The Kier molecular flexibility index (Phi) is 6.89. The average molecular weight is 265 g/mol. The first-order valence-electron chi connectivity index (χ1n) is 7.17. The van der Waals surface area contributed by atoms with Gasteiger partial charge in [0, 0.05) is 12.6 Å². The maximum Gasteiger partial charge on any atom is 0.119 e. The Morgan fingerprint density at radius 3 is 2.53 bits per heavy atom. The molecule has 0 aliphatic carbocycles. The van der Waals surface area contributed by atoms with Gasteiger partial charge in [0.2, 0.25) is 0 Å². The van der Waals surface area contributed by atoms with Crippen molar-refractivity contribution in [2.45, 2.75) is 45.8 Å². The number of hydrogen-bond acceptors (Lipinski definition) is 3. The first-order chi connectivity index (χ1) is 9.12. The van der Waals surface area contributed by atoms with Gasteiger partial charge in [0.1, 0.15) is 5.75 Å². The van der Waals surface area contributed by atoms with E-state index in [1.807, 2.05) is 18.2 Å². The fraction of sp³-hybridized carbons (Fsp3) is 0.625. The summed E-state index contributed by atoms with van der Waals surface area (Å²) in [5, 5.41) is 13.5. The van der Waals surface area contributed by atoms with Gasteiger partial charge in [-0.1, -0.05) is 38.8 Å². The molecule has 0 spiro atoms. The van der Waals surface area contributed by atoms with Crippen molar-refractivity contribution >= 4 is 0 Å². The smallest absolute Gasteiger partial charge is 0.119 e. The molecular formula is C16H27NO2. The van der Waals surface area contributed by atoms with E-state index in [0.717, 1.165) is 18.6 Å². The molecule has 19 heavy (non-hydrogen) atoms. The number of benzene rings is 1. The van der Waals surface area contributed by atoms with Gasteiger partial charge in [0.05, 0.1) is 13.2 Å². The van der Waals surface area contributed by atoms with Crippen LogP contribution in [-0.4, -0.2) is 24.9 Å². The van der Waals surface area contributed by atoms with Crippen LogP contribution < -0.4 is 10.1 Å². The molecule has 3 heteroatoms. The van der Waals surface area contributed by atoms with Gasteiger partial charge in [-0.05, 0) is 30.5 Å². The Hall–Kier alpha value is -1.06. The molecular weight excluding hydrogens is 238 g/mol. The van der Waals surface area contributed by atoms with Crippen LogP contribution in [0.3, 0.4) is 0 Å². The topological polar surface area (TPSA) is 41.5 Å². The minimum Gasteiger partial charge on any atom is -0.497 e. The summed E-state index contributed by atoms with van der Waals surface area (Å²) in [7, 11) is 1.67. The summed E-state index contributed by atoms with van der Waals surface area (Å²) in [5.74, 6) is 1.25. The third-order valence-electron chi connectivity index (χ3n) is 3.82. The Morgan fingerprint density at radius 1 is 1.26 bits per heavy atom. The van der Waals surface area contributed by atoms with Crippen molar-refractivity contribution in [3.05, 3.63) is 29.8 Å². The van der Waals surface area contributed by atoms with Crippen LogP contribution in [0.1, 0.15) is 45.2 Å². The van der Waals surface area contributed by atoms with Gasteiger partial charge in [0.15, 0.2) is 0 Å². The largest absolute Gasteiger partial charge is 0.497 e. The zero-order chi connectivity index (χ0) is 14.3. The number of ether oxygens (including phenoxy) is 1. The molecule has 0 aliphatic heterocycles. The van der Waals surface area contributed by atoms with E-state index < -0.39 is 0 Å². The van der Waals surface area contributed by atoms with Crippen molar-refractivity contribution in [1.82, 2.24) is 5.32 Å². The van der Waals surface area contributed by atoms with Crippen molar-refractivity contribution in [3.8, 4) is 5.75 Å². The molecule has 1 rings (SSSR count). The summed E-state index contributed by atoms with van der Waals surface area (Å²) in [6.45, 7) is 6.99. The number of aliphatic hydroxyl groups excluding tert-OH is 1.